The topological polar surface area (TPSA) is 156 Å². The summed E-state index contributed by atoms with van der Waals surface area (Å²) in [5.74, 6) is -2.31. The normalized spacial score (nSPS) is 34.3. The van der Waals surface area contributed by atoms with Crippen molar-refractivity contribution in [3.63, 3.8) is 0 Å². The number of benzene rings is 1. The van der Waals surface area contributed by atoms with Gasteiger partial charge in [-0.25, -0.2) is 4.79 Å². The quantitative estimate of drug-likeness (QED) is 0.334. The molecule has 4 aliphatic rings. The van der Waals surface area contributed by atoms with Crippen LogP contribution in [0.25, 0.3) is 0 Å². The van der Waals surface area contributed by atoms with Gasteiger partial charge in [-0.15, -0.1) is 0 Å². The summed E-state index contributed by atoms with van der Waals surface area (Å²) in [7, 11) is 1.23. The number of hydrogen-bond acceptors (Lipinski definition) is 9. The van der Waals surface area contributed by atoms with Gasteiger partial charge >= 0.3 is 11.9 Å². The van der Waals surface area contributed by atoms with Gasteiger partial charge in [-0.3, -0.25) is 19.2 Å². The van der Waals surface area contributed by atoms with Gasteiger partial charge < -0.3 is 25.0 Å². The van der Waals surface area contributed by atoms with Crippen LogP contribution in [0.5, 0.6) is 0 Å². The lowest BCUT2D eigenvalue weighted by molar-refractivity contribution is -0.184. The number of ketones is 2. The molecule has 1 aromatic rings. The van der Waals surface area contributed by atoms with Crippen LogP contribution in [0.15, 0.2) is 42.0 Å². The Bertz CT molecular complexity index is 1370. The second-order valence-corrected chi connectivity index (χ2v) is 13.9. The van der Waals surface area contributed by atoms with E-state index in [1.54, 1.807) is 6.08 Å². The summed E-state index contributed by atoms with van der Waals surface area (Å²) in [5, 5.41) is 26.0. The summed E-state index contributed by atoms with van der Waals surface area (Å²) in [6.07, 6.45) is 4.51. The molecule has 1 amide bonds. The number of rotatable bonds is 10. The Kier molecular flexibility index (Phi) is 9.38. The number of nitrogens with one attached hydrogen (secondary N) is 1. The second kappa shape index (κ2) is 12.8. The Hall–Kier alpha value is -3.37. The maximum atomic E-state index is 13.5. The summed E-state index contributed by atoms with van der Waals surface area (Å²) in [6, 6.07) is 8.21. The Labute approximate surface area is 263 Å². The third-order valence-corrected chi connectivity index (χ3v) is 11.5. The number of amides is 1. The molecule has 0 spiro atoms. The highest BCUT2D eigenvalue weighted by atomic mass is 16.5. The molecular formula is C35H45NO9. The van der Waals surface area contributed by atoms with Gasteiger partial charge in [-0.2, -0.15) is 0 Å². The zero-order chi connectivity index (χ0) is 32.6. The molecule has 0 aliphatic heterocycles. The number of aliphatic hydroxyl groups excluding tert-OH is 1. The van der Waals surface area contributed by atoms with Gasteiger partial charge in [-0.05, 0) is 73.3 Å². The van der Waals surface area contributed by atoms with E-state index in [1.165, 1.54) is 7.11 Å². The number of methoxy groups -OCH3 is 1. The molecule has 0 saturated heterocycles. The van der Waals surface area contributed by atoms with Crippen LogP contribution in [0.3, 0.4) is 0 Å². The average Bonchev–Trinajstić information content (AvgIpc) is 3.29. The first-order valence-electron chi connectivity index (χ1n) is 16.1. The van der Waals surface area contributed by atoms with Crippen LogP contribution in [0, 0.1) is 28.6 Å². The first-order valence-corrected chi connectivity index (χ1v) is 16.1. The number of esters is 2. The summed E-state index contributed by atoms with van der Waals surface area (Å²) in [5.41, 5.74) is -0.975. The average molecular weight is 624 g/mol. The molecule has 244 valence electrons. The van der Waals surface area contributed by atoms with Crippen molar-refractivity contribution < 1.29 is 43.7 Å². The summed E-state index contributed by atoms with van der Waals surface area (Å²) in [4.78, 5) is 63.0. The van der Waals surface area contributed by atoms with Gasteiger partial charge in [0.15, 0.2) is 12.4 Å². The zero-order valence-corrected chi connectivity index (χ0v) is 26.4. The number of hydrogen-bond donors (Lipinski definition) is 3. The summed E-state index contributed by atoms with van der Waals surface area (Å²) in [6.45, 7) is 3.40. The first kappa shape index (κ1) is 33.0. The van der Waals surface area contributed by atoms with E-state index < -0.39 is 53.4 Å². The van der Waals surface area contributed by atoms with Crippen LogP contribution < -0.4 is 5.32 Å². The Morgan fingerprint density at radius 3 is 2.49 bits per heavy atom. The molecule has 0 radical (unpaired) electrons. The molecule has 0 heterocycles. The van der Waals surface area contributed by atoms with E-state index in [4.69, 9.17) is 9.47 Å². The van der Waals surface area contributed by atoms with E-state index >= 15 is 0 Å². The number of ether oxygens (including phenoxy) is 2. The Morgan fingerprint density at radius 2 is 1.78 bits per heavy atom. The fourth-order valence-electron chi connectivity index (χ4n) is 9.16. The van der Waals surface area contributed by atoms with Gasteiger partial charge in [0.05, 0.1) is 19.6 Å². The summed E-state index contributed by atoms with van der Waals surface area (Å²) < 4.78 is 10.0. The van der Waals surface area contributed by atoms with Gasteiger partial charge in [0, 0.05) is 24.7 Å². The fourth-order valence-corrected chi connectivity index (χ4v) is 9.16. The highest BCUT2D eigenvalue weighted by Gasteiger charge is 2.68. The van der Waals surface area contributed by atoms with Gasteiger partial charge in [0.25, 0.3) is 0 Å². The molecule has 8 atom stereocenters. The van der Waals surface area contributed by atoms with Crippen molar-refractivity contribution in [1.29, 1.82) is 0 Å². The smallest absolute Gasteiger partial charge is 0.328 e. The SMILES string of the molecule is COC(=O)[C@@H](Cc1ccccc1)NC(=O)CCC(=O)OCC(=O)[C@@]1(O)CC[C@H]2[C@H]3CCC4=CC(=O)CC[C@]4(C)[C@H]3[C@@H](O)C[C@]21C. The molecular weight excluding hydrogens is 578 g/mol. The van der Waals surface area contributed by atoms with Gasteiger partial charge in [-0.1, -0.05) is 49.8 Å². The number of carbonyl (C=O) groups excluding carboxylic acids is 5. The van der Waals surface area contributed by atoms with Crippen molar-refractivity contribution in [3.05, 3.63) is 47.5 Å². The molecule has 5 rings (SSSR count). The Morgan fingerprint density at radius 1 is 1.04 bits per heavy atom. The standard InChI is InChI=1S/C35H45NO9/c1-33-15-13-23(37)18-22(33)9-10-24-25-14-16-35(43,34(25,2)19-27(38)31(24)33)28(39)20-45-30(41)12-11-29(40)36-26(32(42)44-3)17-21-7-5-4-6-8-21/h4-8,18,24-27,31,38,43H,9-17,19-20H2,1-3H3,(H,36,40)/t24-,25+,26-,27+,31-,33+,34-,35+/m1/s1. The molecule has 10 nitrogen and oxygen atoms in total. The van der Waals surface area contributed by atoms with Crippen LogP contribution in [0.2, 0.25) is 0 Å². The molecule has 45 heavy (non-hydrogen) atoms. The van der Waals surface area contributed by atoms with E-state index in [1.807, 2.05) is 37.3 Å². The molecule has 10 heteroatoms. The van der Waals surface area contributed by atoms with E-state index in [0.717, 1.165) is 24.0 Å². The maximum Gasteiger partial charge on any atom is 0.328 e. The number of fused-ring (bicyclic) bond motifs is 5. The number of Topliss-reactive ketones (excluding diaryl/α,β-unsaturated/α-hetero) is 1. The Balaban J connectivity index is 1.16. The van der Waals surface area contributed by atoms with Crippen molar-refractivity contribution in [2.45, 2.75) is 95.8 Å². The minimum Gasteiger partial charge on any atom is -0.467 e. The molecule has 3 N–H and O–H groups in total. The molecule has 3 fully saturated rings. The minimum atomic E-state index is -1.76. The number of aliphatic hydroxyl groups is 2. The predicted octanol–water partition coefficient (Wildman–Crippen LogP) is 3.01. The van der Waals surface area contributed by atoms with Gasteiger partial charge in [0.1, 0.15) is 11.6 Å². The molecule has 3 saturated carbocycles. The monoisotopic (exact) mass is 623 g/mol. The molecule has 0 bridgehead atoms. The highest BCUT2D eigenvalue weighted by Crippen LogP contribution is 2.67. The van der Waals surface area contributed by atoms with Crippen LogP contribution >= 0.6 is 0 Å². The van der Waals surface area contributed by atoms with E-state index in [2.05, 4.69) is 12.2 Å². The van der Waals surface area contributed by atoms with E-state index in [-0.39, 0.29) is 61.1 Å². The molecule has 0 aromatic heterocycles. The van der Waals surface area contributed by atoms with Gasteiger partial charge in [0.2, 0.25) is 11.7 Å². The summed E-state index contributed by atoms with van der Waals surface area (Å²) >= 11 is 0. The van der Waals surface area contributed by atoms with Crippen molar-refractivity contribution in [1.82, 2.24) is 5.32 Å². The van der Waals surface area contributed by atoms with Crippen molar-refractivity contribution in [3.8, 4) is 0 Å². The van der Waals surface area contributed by atoms with Crippen LogP contribution in [-0.2, 0) is 39.9 Å². The third kappa shape index (κ3) is 6.11. The lowest BCUT2D eigenvalue weighted by Crippen LogP contribution is -2.62. The van der Waals surface area contributed by atoms with Crippen molar-refractivity contribution >= 4 is 29.4 Å². The first-order chi connectivity index (χ1) is 21.3. The minimum absolute atomic E-state index is 0.00823. The number of carbonyl (C=O) groups is 5. The van der Waals surface area contributed by atoms with Crippen LogP contribution in [0.1, 0.15) is 77.2 Å². The van der Waals surface area contributed by atoms with Crippen LogP contribution in [0.4, 0.5) is 0 Å². The van der Waals surface area contributed by atoms with Crippen molar-refractivity contribution in [2.24, 2.45) is 28.6 Å². The molecule has 1 aromatic carbocycles. The lowest BCUT2D eigenvalue weighted by atomic mass is 9.45. The lowest BCUT2D eigenvalue weighted by Gasteiger charge is -2.60. The van der Waals surface area contributed by atoms with Crippen LogP contribution in [-0.4, -0.2) is 71.1 Å². The highest BCUT2D eigenvalue weighted by molar-refractivity contribution is 5.92. The fraction of sp³-hybridized carbons (Fsp3) is 0.629. The predicted molar refractivity (Wildman–Crippen MR) is 162 cm³/mol. The molecule has 0 unspecified atom stereocenters. The maximum absolute atomic E-state index is 13.5. The molecule has 4 aliphatic carbocycles. The second-order valence-electron chi connectivity index (χ2n) is 13.9. The third-order valence-electron chi connectivity index (χ3n) is 11.5. The van der Waals surface area contributed by atoms with Crippen molar-refractivity contribution in [2.75, 3.05) is 13.7 Å². The van der Waals surface area contributed by atoms with E-state index in [0.29, 0.717) is 19.3 Å². The number of allylic oxidation sites excluding steroid dienone is 1. The van der Waals surface area contributed by atoms with E-state index in [9.17, 15) is 34.2 Å². The largest absolute Gasteiger partial charge is 0.467 e. The zero-order valence-electron chi connectivity index (χ0n) is 26.4.